The van der Waals surface area contributed by atoms with Crippen molar-refractivity contribution in [2.24, 2.45) is 11.7 Å². The molecular formula is C21H23FN6O5. The van der Waals surface area contributed by atoms with Gasteiger partial charge in [-0.05, 0) is 18.9 Å². The van der Waals surface area contributed by atoms with Crippen LogP contribution in [0.15, 0.2) is 33.9 Å². The molecule has 1 aliphatic heterocycles. The number of anilines is 2. The van der Waals surface area contributed by atoms with E-state index in [1.165, 1.54) is 23.0 Å². The van der Waals surface area contributed by atoms with Gasteiger partial charge in [-0.3, -0.25) is 14.2 Å². The first-order chi connectivity index (χ1) is 15.6. The lowest BCUT2D eigenvalue weighted by Crippen LogP contribution is -2.46. The Bertz CT molecular complexity index is 1300. The molecule has 3 heterocycles. The Labute approximate surface area is 186 Å². The summed E-state index contributed by atoms with van der Waals surface area (Å²) in [7, 11) is 0. The molecule has 12 heteroatoms. The van der Waals surface area contributed by atoms with Crippen molar-refractivity contribution in [3.05, 3.63) is 46.2 Å². The Kier molecular flexibility index (Phi) is 5.54. The first-order valence-corrected chi connectivity index (χ1v) is 10.2. The van der Waals surface area contributed by atoms with E-state index in [1.807, 2.05) is 6.92 Å². The lowest BCUT2D eigenvalue weighted by Gasteiger charge is -2.22. The smallest absolute Gasteiger partial charge is 0.341 e. The SMILES string of the molecule is CC(N)C(=O)N[C@@H]1CN(c2cc3c(c(N)c2F)c(=O)c(C(=O)O)cn3-c2ccon2)C[C@@H]1C. The third kappa shape index (κ3) is 3.78. The maximum atomic E-state index is 15.4. The Morgan fingerprint density at radius 2 is 2.12 bits per heavy atom. The van der Waals surface area contributed by atoms with Gasteiger partial charge in [-0.2, -0.15) is 0 Å². The van der Waals surface area contributed by atoms with Crippen LogP contribution in [0.4, 0.5) is 15.8 Å². The first-order valence-electron chi connectivity index (χ1n) is 10.2. The number of fused-ring (bicyclic) bond motifs is 1. The summed E-state index contributed by atoms with van der Waals surface area (Å²) in [4.78, 5) is 38.2. The number of hydrogen-bond donors (Lipinski definition) is 4. The van der Waals surface area contributed by atoms with Gasteiger partial charge in [0.1, 0.15) is 11.8 Å². The number of amides is 1. The van der Waals surface area contributed by atoms with Crippen molar-refractivity contribution in [1.82, 2.24) is 15.0 Å². The number of benzene rings is 1. The molecule has 3 atom stereocenters. The van der Waals surface area contributed by atoms with Crippen LogP contribution in [0.2, 0.25) is 0 Å². The Morgan fingerprint density at radius 1 is 1.39 bits per heavy atom. The normalized spacial score (nSPS) is 19.1. The van der Waals surface area contributed by atoms with Gasteiger partial charge < -0.3 is 31.3 Å². The van der Waals surface area contributed by atoms with Gasteiger partial charge in [0.15, 0.2) is 11.6 Å². The summed E-state index contributed by atoms with van der Waals surface area (Å²) in [5.41, 5.74) is 9.99. The van der Waals surface area contributed by atoms with Crippen molar-refractivity contribution >= 4 is 34.2 Å². The number of carboxylic acids is 1. The van der Waals surface area contributed by atoms with Crippen LogP contribution in [-0.2, 0) is 4.79 Å². The zero-order valence-electron chi connectivity index (χ0n) is 17.9. The molecule has 0 aliphatic carbocycles. The summed E-state index contributed by atoms with van der Waals surface area (Å²) in [6.07, 6.45) is 2.38. The second-order valence-electron chi connectivity index (χ2n) is 8.21. The highest BCUT2D eigenvalue weighted by Crippen LogP contribution is 2.34. The maximum absolute atomic E-state index is 15.4. The van der Waals surface area contributed by atoms with Crippen LogP contribution in [0.3, 0.4) is 0 Å². The van der Waals surface area contributed by atoms with Gasteiger partial charge in [-0.25, -0.2) is 9.18 Å². The van der Waals surface area contributed by atoms with E-state index < -0.39 is 34.5 Å². The minimum Gasteiger partial charge on any atom is -0.477 e. The third-order valence-corrected chi connectivity index (χ3v) is 5.85. The zero-order valence-corrected chi connectivity index (χ0v) is 17.9. The molecule has 2 aromatic heterocycles. The first kappa shape index (κ1) is 22.3. The van der Waals surface area contributed by atoms with Crippen molar-refractivity contribution in [2.75, 3.05) is 23.7 Å². The van der Waals surface area contributed by atoms with E-state index in [0.29, 0.717) is 13.1 Å². The van der Waals surface area contributed by atoms with Gasteiger partial charge in [0.25, 0.3) is 0 Å². The number of hydrogen-bond acceptors (Lipinski definition) is 8. The Balaban J connectivity index is 1.87. The fourth-order valence-corrected chi connectivity index (χ4v) is 4.04. The molecular weight excluding hydrogens is 435 g/mol. The van der Waals surface area contributed by atoms with E-state index in [1.54, 1.807) is 11.8 Å². The molecule has 0 saturated carbocycles. The van der Waals surface area contributed by atoms with Crippen molar-refractivity contribution in [2.45, 2.75) is 25.9 Å². The number of nitrogen functional groups attached to an aromatic ring is 1. The van der Waals surface area contributed by atoms with Gasteiger partial charge in [0.2, 0.25) is 11.3 Å². The van der Waals surface area contributed by atoms with Crippen LogP contribution in [0.1, 0.15) is 24.2 Å². The molecule has 3 aromatic rings. The number of aromatic carboxylic acids is 1. The lowest BCUT2D eigenvalue weighted by atomic mass is 10.1. The molecule has 1 aromatic carbocycles. The van der Waals surface area contributed by atoms with Crippen LogP contribution >= 0.6 is 0 Å². The number of pyridine rings is 1. The number of nitrogens with two attached hydrogens (primary N) is 2. The molecule has 0 radical (unpaired) electrons. The summed E-state index contributed by atoms with van der Waals surface area (Å²) in [6.45, 7) is 4.19. The third-order valence-electron chi connectivity index (χ3n) is 5.85. The molecule has 1 fully saturated rings. The van der Waals surface area contributed by atoms with E-state index in [-0.39, 0.29) is 40.3 Å². The standard InChI is InChI=1S/C21H23FN6O5/c1-9-6-27(8-12(9)25-20(30)10(2)23)14-5-13-16(18(24)17(14)22)19(29)11(21(31)32)7-28(13)15-3-4-33-26-15/h3-5,7,9-10,12H,6,8,23-24H2,1-2H3,(H,25,30)(H,31,32)/t9-,10?,12+/m0/s1. The summed E-state index contributed by atoms with van der Waals surface area (Å²) in [5.74, 6) is -2.47. The molecule has 0 bridgehead atoms. The number of carbonyl (C=O) groups is 2. The maximum Gasteiger partial charge on any atom is 0.341 e. The summed E-state index contributed by atoms with van der Waals surface area (Å²) in [6, 6.07) is 1.93. The fourth-order valence-electron chi connectivity index (χ4n) is 4.04. The monoisotopic (exact) mass is 458 g/mol. The lowest BCUT2D eigenvalue weighted by molar-refractivity contribution is -0.122. The predicted octanol–water partition coefficient (Wildman–Crippen LogP) is 0.686. The zero-order chi connectivity index (χ0) is 24.0. The number of halogens is 1. The minimum atomic E-state index is -1.48. The number of nitrogens with zero attached hydrogens (tertiary/aromatic N) is 3. The van der Waals surface area contributed by atoms with Gasteiger partial charge in [-0.1, -0.05) is 12.1 Å². The second-order valence-corrected chi connectivity index (χ2v) is 8.21. The van der Waals surface area contributed by atoms with Gasteiger partial charge in [-0.15, -0.1) is 0 Å². The predicted molar refractivity (Wildman–Crippen MR) is 118 cm³/mol. The second kappa shape index (κ2) is 8.20. The summed E-state index contributed by atoms with van der Waals surface area (Å²) in [5, 5.41) is 15.9. The molecule has 11 nitrogen and oxygen atoms in total. The number of nitrogens with one attached hydrogen (secondary N) is 1. The molecule has 0 spiro atoms. The minimum absolute atomic E-state index is 0.0175. The molecule has 1 aliphatic rings. The average Bonchev–Trinajstić information content (AvgIpc) is 3.40. The summed E-state index contributed by atoms with van der Waals surface area (Å²) >= 11 is 0. The number of carbonyl (C=O) groups excluding carboxylic acids is 1. The Morgan fingerprint density at radius 3 is 2.73 bits per heavy atom. The van der Waals surface area contributed by atoms with Crippen LogP contribution in [0.5, 0.6) is 0 Å². The van der Waals surface area contributed by atoms with E-state index in [0.717, 1.165) is 6.20 Å². The van der Waals surface area contributed by atoms with Crippen LogP contribution in [0, 0.1) is 11.7 Å². The molecule has 174 valence electrons. The highest BCUT2D eigenvalue weighted by Gasteiger charge is 2.34. The highest BCUT2D eigenvalue weighted by atomic mass is 19.1. The molecule has 4 rings (SSSR count). The molecule has 33 heavy (non-hydrogen) atoms. The van der Waals surface area contributed by atoms with Gasteiger partial charge in [0, 0.05) is 25.4 Å². The van der Waals surface area contributed by atoms with Gasteiger partial charge in [0.05, 0.1) is 34.4 Å². The van der Waals surface area contributed by atoms with E-state index >= 15 is 4.39 Å². The fraction of sp³-hybridized carbons (Fsp3) is 0.333. The van der Waals surface area contributed by atoms with Crippen LogP contribution < -0.4 is 27.1 Å². The highest BCUT2D eigenvalue weighted by molar-refractivity contribution is 6.00. The number of carboxylic acid groups (broad SMARTS) is 1. The quantitative estimate of drug-likeness (QED) is 0.402. The van der Waals surface area contributed by atoms with Crippen molar-refractivity contribution < 1.29 is 23.6 Å². The number of aromatic nitrogens is 2. The molecule has 1 unspecified atom stereocenters. The van der Waals surface area contributed by atoms with E-state index in [4.69, 9.17) is 16.0 Å². The van der Waals surface area contributed by atoms with E-state index in [2.05, 4.69) is 10.5 Å². The van der Waals surface area contributed by atoms with Crippen molar-refractivity contribution in [3.63, 3.8) is 0 Å². The van der Waals surface area contributed by atoms with Crippen LogP contribution in [0.25, 0.3) is 16.7 Å². The van der Waals surface area contributed by atoms with Crippen molar-refractivity contribution in [3.8, 4) is 5.82 Å². The van der Waals surface area contributed by atoms with Gasteiger partial charge >= 0.3 is 5.97 Å². The topological polar surface area (TPSA) is 170 Å². The van der Waals surface area contributed by atoms with E-state index in [9.17, 15) is 19.5 Å². The Hall–Kier alpha value is -3.93. The largest absolute Gasteiger partial charge is 0.477 e. The summed E-state index contributed by atoms with van der Waals surface area (Å²) < 4.78 is 21.6. The molecule has 1 amide bonds. The molecule has 6 N–H and O–H groups in total. The number of rotatable bonds is 5. The van der Waals surface area contributed by atoms with Crippen LogP contribution in [-0.4, -0.2) is 51.9 Å². The van der Waals surface area contributed by atoms with Crippen molar-refractivity contribution in [1.29, 1.82) is 0 Å². The molecule has 1 saturated heterocycles. The average molecular weight is 458 g/mol.